The molecule has 0 N–H and O–H groups in total. The molecule has 202 valence electrons. The fraction of sp³-hybridized carbons (Fsp3) is 0.154. The third-order valence-electron chi connectivity index (χ3n) is 6.11. The summed E-state index contributed by atoms with van der Waals surface area (Å²) in [6.45, 7) is -0.433. The van der Waals surface area contributed by atoms with E-state index in [9.17, 15) is 19.2 Å². The van der Waals surface area contributed by atoms with Gasteiger partial charge < -0.3 is 4.74 Å². The summed E-state index contributed by atoms with van der Waals surface area (Å²) < 4.78 is 23.1. The quantitative estimate of drug-likeness (QED) is 0.264. The number of hydrogen-bond donors (Lipinski definition) is 0. The van der Waals surface area contributed by atoms with E-state index in [1.807, 2.05) is 6.07 Å². The molecular formula is C26H17Cl3FN7O3. The smallest absolute Gasteiger partial charge is 0.332 e. The second kappa shape index (κ2) is 10.7. The van der Waals surface area contributed by atoms with E-state index in [0.29, 0.717) is 22.3 Å². The van der Waals surface area contributed by atoms with E-state index in [1.54, 1.807) is 25.2 Å². The van der Waals surface area contributed by atoms with Crippen molar-refractivity contribution in [3.8, 4) is 23.1 Å². The van der Waals surface area contributed by atoms with E-state index < -0.39 is 17.1 Å². The highest BCUT2D eigenvalue weighted by molar-refractivity contribution is 6.34. The number of aromatic nitrogens is 6. The molecule has 0 saturated carbocycles. The lowest BCUT2D eigenvalue weighted by Crippen LogP contribution is -2.41. The van der Waals surface area contributed by atoms with Gasteiger partial charge in [-0.3, -0.25) is 18.6 Å². The lowest BCUT2D eigenvalue weighted by Gasteiger charge is -2.17. The summed E-state index contributed by atoms with van der Waals surface area (Å²) in [5.41, 5.74) is -0.0545. The number of halogens is 4. The molecule has 0 aliphatic rings. The fourth-order valence-electron chi connectivity index (χ4n) is 4.21. The van der Waals surface area contributed by atoms with Crippen LogP contribution in [0.5, 0.6) is 5.88 Å². The standard InChI is InChI=1S/C26H17Cl3FN7O3/c1-35-12-32-22(34-35)11-37-25(38)23-21(36(26(37)39)10-14-6-19(29)20(30)8-18(14)28)7-16(24(33-23)40-2)15-5-13(9-31)3-4-17(15)27/h3-8,12H,10-11H2,1-2H3. The van der Waals surface area contributed by atoms with Crippen molar-refractivity contribution in [3.63, 3.8) is 0 Å². The van der Waals surface area contributed by atoms with Gasteiger partial charge >= 0.3 is 5.69 Å². The zero-order valence-corrected chi connectivity index (χ0v) is 23.1. The molecule has 0 fully saturated rings. The lowest BCUT2D eigenvalue weighted by atomic mass is 10.0. The number of rotatable bonds is 6. The Morgan fingerprint density at radius 3 is 2.45 bits per heavy atom. The van der Waals surface area contributed by atoms with Gasteiger partial charge in [0.25, 0.3) is 5.56 Å². The zero-order valence-electron chi connectivity index (χ0n) is 20.8. The molecule has 3 heterocycles. The van der Waals surface area contributed by atoms with Crippen LogP contribution in [0, 0.1) is 17.1 Å². The first-order chi connectivity index (χ1) is 19.1. The third kappa shape index (κ3) is 4.93. The van der Waals surface area contributed by atoms with E-state index in [2.05, 4.69) is 15.1 Å². The number of nitrogens with zero attached hydrogens (tertiary/aromatic N) is 7. The summed E-state index contributed by atoms with van der Waals surface area (Å²) in [5.74, 6) is -0.462. The van der Waals surface area contributed by atoms with Crippen LogP contribution in [0.15, 0.2) is 52.3 Å². The summed E-state index contributed by atoms with van der Waals surface area (Å²) in [4.78, 5) is 36.0. The highest BCUT2D eigenvalue weighted by Crippen LogP contribution is 2.36. The number of benzene rings is 2. The monoisotopic (exact) mass is 599 g/mol. The second-order valence-electron chi connectivity index (χ2n) is 8.67. The zero-order chi connectivity index (χ0) is 28.7. The average molecular weight is 601 g/mol. The van der Waals surface area contributed by atoms with Crippen LogP contribution in [0.1, 0.15) is 17.0 Å². The Morgan fingerprint density at radius 1 is 1.00 bits per heavy atom. The maximum atomic E-state index is 14.0. The molecule has 0 amide bonds. The number of ether oxygens (including phenoxy) is 1. The van der Waals surface area contributed by atoms with Crippen LogP contribution in [0.3, 0.4) is 0 Å². The molecule has 5 rings (SSSR count). The Bertz CT molecular complexity index is 1980. The first kappa shape index (κ1) is 27.3. The molecule has 3 aromatic heterocycles. The van der Waals surface area contributed by atoms with Crippen LogP contribution in [0.25, 0.3) is 22.2 Å². The first-order valence-corrected chi connectivity index (χ1v) is 12.6. The van der Waals surface area contributed by atoms with Crippen LogP contribution in [-0.2, 0) is 20.1 Å². The van der Waals surface area contributed by atoms with Crippen LogP contribution >= 0.6 is 34.8 Å². The van der Waals surface area contributed by atoms with Gasteiger partial charge in [-0.2, -0.15) is 10.4 Å². The second-order valence-corrected chi connectivity index (χ2v) is 9.89. The highest BCUT2D eigenvalue weighted by Gasteiger charge is 2.22. The predicted octanol–water partition coefficient (Wildman–Crippen LogP) is 4.43. The molecule has 0 saturated heterocycles. The number of hydrogen-bond acceptors (Lipinski definition) is 7. The Morgan fingerprint density at radius 2 is 1.77 bits per heavy atom. The SMILES string of the molecule is COc1nc2c(=O)n(Cc3ncn(C)n3)c(=O)n(Cc3cc(Cl)c(F)cc3Cl)c2cc1-c1cc(C#N)ccc1Cl. The maximum Gasteiger partial charge on any atom is 0.332 e. The molecule has 0 atom stereocenters. The van der Waals surface area contributed by atoms with Crippen molar-refractivity contribution in [2.75, 3.05) is 7.11 Å². The molecule has 5 aromatic rings. The van der Waals surface area contributed by atoms with Crippen molar-refractivity contribution in [1.82, 2.24) is 28.9 Å². The van der Waals surface area contributed by atoms with E-state index in [-0.39, 0.29) is 50.9 Å². The van der Waals surface area contributed by atoms with Gasteiger partial charge in [0.15, 0.2) is 11.3 Å². The Labute approximate surface area is 240 Å². The van der Waals surface area contributed by atoms with Crippen molar-refractivity contribution in [1.29, 1.82) is 5.26 Å². The van der Waals surface area contributed by atoms with Gasteiger partial charge in [0.1, 0.15) is 12.1 Å². The van der Waals surface area contributed by atoms with Crippen LogP contribution in [0.2, 0.25) is 15.1 Å². The number of aryl methyl sites for hydroxylation is 1. The first-order valence-electron chi connectivity index (χ1n) is 11.5. The average Bonchev–Trinajstić information content (AvgIpc) is 3.35. The van der Waals surface area contributed by atoms with Crippen LogP contribution in [-0.4, -0.2) is 36.0 Å². The molecule has 0 bridgehead atoms. The van der Waals surface area contributed by atoms with Gasteiger partial charge in [0.05, 0.1) is 42.4 Å². The molecule has 14 heteroatoms. The molecule has 40 heavy (non-hydrogen) atoms. The van der Waals surface area contributed by atoms with E-state index in [4.69, 9.17) is 39.5 Å². The maximum absolute atomic E-state index is 14.0. The minimum absolute atomic E-state index is 0.0255. The number of pyridine rings is 1. The van der Waals surface area contributed by atoms with Crippen molar-refractivity contribution in [3.05, 3.63) is 101 Å². The van der Waals surface area contributed by atoms with Gasteiger partial charge in [-0.05, 0) is 42.0 Å². The minimum atomic E-state index is -0.726. The molecule has 0 spiro atoms. The van der Waals surface area contributed by atoms with Crippen molar-refractivity contribution in [2.24, 2.45) is 7.05 Å². The van der Waals surface area contributed by atoms with E-state index >= 15 is 0 Å². The fourth-order valence-corrected chi connectivity index (χ4v) is 4.82. The third-order valence-corrected chi connectivity index (χ3v) is 7.08. The molecule has 0 radical (unpaired) electrons. The topological polar surface area (TPSA) is 121 Å². The molecular weight excluding hydrogens is 584 g/mol. The number of nitriles is 1. The Balaban J connectivity index is 1.84. The Kier molecular flexibility index (Phi) is 7.33. The highest BCUT2D eigenvalue weighted by atomic mass is 35.5. The van der Waals surface area contributed by atoms with Crippen molar-refractivity contribution in [2.45, 2.75) is 13.1 Å². The summed E-state index contributed by atoms with van der Waals surface area (Å²) in [6, 6.07) is 10.6. The molecule has 0 aliphatic carbocycles. The summed E-state index contributed by atoms with van der Waals surface area (Å²) in [6.07, 6.45) is 1.44. The van der Waals surface area contributed by atoms with Gasteiger partial charge in [-0.25, -0.2) is 19.2 Å². The molecule has 0 aliphatic heterocycles. The normalized spacial score (nSPS) is 11.1. The summed E-state index contributed by atoms with van der Waals surface area (Å²) in [7, 11) is 3.02. The summed E-state index contributed by atoms with van der Waals surface area (Å²) in [5, 5.41) is 13.7. The number of methoxy groups -OCH3 is 1. The largest absolute Gasteiger partial charge is 0.481 e. The van der Waals surface area contributed by atoms with Gasteiger partial charge in [-0.1, -0.05) is 34.8 Å². The van der Waals surface area contributed by atoms with Gasteiger partial charge in [-0.15, -0.1) is 0 Å². The van der Waals surface area contributed by atoms with E-state index in [1.165, 1.54) is 34.8 Å². The minimum Gasteiger partial charge on any atom is -0.481 e. The van der Waals surface area contributed by atoms with Gasteiger partial charge in [0, 0.05) is 28.2 Å². The van der Waals surface area contributed by atoms with Crippen molar-refractivity contribution < 1.29 is 9.13 Å². The molecule has 0 unspecified atom stereocenters. The Hall–Kier alpha value is -4.24. The van der Waals surface area contributed by atoms with E-state index in [0.717, 1.165) is 10.6 Å². The van der Waals surface area contributed by atoms with Gasteiger partial charge in [0.2, 0.25) is 5.88 Å². The van der Waals surface area contributed by atoms with Crippen LogP contribution < -0.4 is 16.0 Å². The molecule has 2 aromatic carbocycles. The summed E-state index contributed by atoms with van der Waals surface area (Å²) >= 11 is 18.8. The molecule has 10 nitrogen and oxygen atoms in total. The lowest BCUT2D eigenvalue weighted by molar-refractivity contribution is 0.401. The van der Waals surface area contributed by atoms with Crippen LogP contribution in [0.4, 0.5) is 4.39 Å². The number of fused-ring (bicyclic) bond motifs is 1. The predicted molar refractivity (Wildman–Crippen MR) is 148 cm³/mol. The van der Waals surface area contributed by atoms with Crippen molar-refractivity contribution >= 4 is 45.8 Å².